The number of hydrogen-bond acceptors (Lipinski definition) is 3. The lowest BCUT2D eigenvalue weighted by atomic mass is 10.1. The molecule has 2 heterocycles. The van der Waals surface area contributed by atoms with Crippen LogP contribution in [-0.2, 0) is 4.79 Å². The second kappa shape index (κ2) is 2.42. The van der Waals surface area contributed by atoms with Crippen molar-refractivity contribution in [3.8, 4) is 0 Å². The lowest BCUT2D eigenvalue weighted by Gasteiger charge is -2.05. The van der Waals surface area contributed by atoms with Gasteiger partial charge >= 0.3 is 0 Å². The molecule has 0 saturated heterocycles. The van der Waals surface area contributed by atoms with E-state index in [1.54, 1.807) is 6.21 Å². The zero-order valence-corrected chi connectivity index (χ0v) is 5.97. The largest absolute Gasteiger partial charge is 0.301 e. The summed E-state index contributed by atoms with van der Waals surface area (Å²) >= 11 is 0. The highest BCUT2D eigenvalue weighted by molar-refractivity contribution is 6.06. The lowest BCUT2D eigenvalue weighted by Crippen LogP contribution is -2.15. The molecule has 0 aromatic heterocycles. The van der Waals surface area contributed by atoms with E-state index in [0.29, 0.717) is 0 Å². The second-order valence-corrected chi connectivity index (χ2v) is 2.67. The number of aliphatic imine (C=N–C) groups is 2. The van der Waals surface area contributed by atoms with Crippen molar-refractivity contribution in [2.24, 2.45) is 9.98 Å². The number of aldehydes is 1. The fourth-order valence-corrected chi connectivity index (χ4v) is 1.35. The summed E-state index contributed by atoms with van der Waals surface area (Å²) in [6.45, 7) is 0. The van der Waals surface area contributed by atoms with Crippen molar-refractivity contribution in [2.45, 2.75) is 18.5 Å². The molecule has 0 bridgehead atoms. The SMILES string of the molecule is O=CC1CC2N=CC=CC2=N1. The van der Waals surface area contributed by atoms with Crippen LogP contribution in [0.1, 0.15) is 6.42 Å². The van der Waals surface area contributed by atoms with Crippen molar-refractivity contribution in [1.82, 2.24) is 0 Å². The van der Waals surface area contributed by atoms with Crippen molar-refractivity contribution in [3.05, 3.63) is 12.2 Å². The minimum absolute atomic E-state index is 0.148. The standard InChI is InChI=1S/C8H8N2O/c11-5-6-4-8-7(10-6)2-1-3-9-8/h1-3,5-6,8H,4H2. The van der Waals surface area contributed by atoms with Gasteiger partial charge in [0, 0.05) is 12.6 Å². The van der Waals surface area contributed by atoms with E-state index in [1.807, 2.05) is 12.2 Å². The maximum atomic E-state index is 10.4. The average molecular weight is 148 g/mol. The molecule has 2 aliphatic rings. The molecule has 3 heteroatoms. The Morgan fingerprint density at radius 2 is 2.55 bits per heavy atom. The van der Waals surface area contributed by atoms with Crippen LogP contribution in [0, 0.1) is 0 Å². The summed E-state index contributed by atoms with van der Waals surface area (Å²) in [4.78, 5) is 18.7. The van der Waals surface area contributed by atoms with Crippen molar-refractivity contribution < 1.29 is 4.79 Å². The molecular weight excluding hydrogens is 140 g/mol. The summed E-state index contributed by atoms with van der Waals surface area (Å²) in [5.41, 5.74) is 0.949. The number of carbonyl (C=O) groups excluding carboxylic acids is 1. The number of hydrogen-bond donors (Lipinski definition) is 0. The van der Waals surface area contributed by atoms with Crippen LogP contribution in [0.4, 0.5) is 0 Å². The Morgan fingerprint density at radius 3 is 3.27 bits per heavy atom. The number of nitrogens with zero attached hydrogens (tertiary/aromatic N) is 2. The molecular formula is C8H8N2O. The number of carbonyl (C=O) groups is 1. The van der Waals surface area contributed by atoms with Crippen molar-refractivity contribution in [3.63, 3.8) is 0 Å². The van der Waals surface area contributed by atoms with Crippen molar-refractivity contribution >= 4 is 18.2 Å². The zero-order chi connectivity index (χ0) is 7.68. The first-order valence-electron chi connectivity index (χ1n) is 3.63. The summed E-state index contributed by atoms with van der Waals surface area (Å²) < 4.78 is 0. The molecule has 0 radical (unpaired) electrons. The third kappa shape index (κ3) is 1.02. The Balaban J connectivity index is 2.25. The number of dihydropyridines is 1. The molecule has 0 spiro atoms. The molecule has 0 fully saturated rings. The topological polar surface area (TPSA) is 41.8 Å². The molecule has 0 aromatic rings. The molecule has 0 N–H and O–H groups in total. The summed E-state index contributed by atoms with van der Waals surface area (Å²) in [6, 6.07) is -0.00917. The Kier molecular flexibility index (Phi) is 1.42. The van der Waals surface area contributed by atoms with Gasteiger partial charge < -0.3 is 4.79 Å². The van der Waals surface area contributed by atoms with Gasteiger partial charge in [0.1, 0.15) is 12.3 Å². The fourth-order valence-electron chi connectivity index (χ4n) is 1.35. The van der Waals surface area contributed by atoms with Gasteiger partial charge in [-0.05, 0) is 12.2 Å². The smallest absolute Gasteiger partial charge is 0.144 e. The quantitative estimate of drug-likeness (QED) is 0.496. The van der Waals surface area contributed by atoms with Crippen LogP contribution in [0.3, 0.4) is 0 Å². The summed E-state index contributed by atoms with van der Waals surface area (Å²) in [7, 11) is 0. The number of allylic oxidation sites excluding steroid dienone is 1. The Bertz CT molecular complexity index is 265. The maximum absolute atomic E-state index is 10.4. The third-order valence-corrected chi connectivity index (χ3v) is 1.90. The first kappa shape index (κ1) is 6.46. The molecule has 0 amide bonds. The van der Waals surface area contributed by atoms with Gasteiger partial charge in [0.05, 0.1) is 11.8 Å². The van der Waals surface area contributed by atoms with E-state index in [4.69, 9.17) is 0 Å². The summed E-state index contributed by atoms with van der Waals surface area (Å²) in [5, 5.41) is 0. The molecule has 0 aromatic carbocycles. The Labute approximate surface area is 64.5 Å². The molecule has 0 aliphatic carbocycles. The van der Waals surface area contributed by atoms with E-state index >= 15 is 0 Å². The highest BCUT2D eigenvalue weighted by Crippen LogP contribution is 2.17. The molecule has 2 rings (SSSR count). The van der Waals surface area contributed by atoms with Gasteiger partial charge in [-0.3, -0.25) is 9.98 Å². The predicted molar refractivity (Wildman–Crippen MR) is 43.3 cm³/mol. The van der Waals surface area contributed by atoms with Gasteiger partial charge in [0.2, 0.25) is 0 Å². The predicted octanol–water partition coefficient (Wildman–Crippen LogP) is 0.408. The first-order valence-corrected chi connectivity index (χ1v) is 3.63. The van der Waals surface area contributed by atoms with E-state index in [9.17, 15) is 4.79 Å². The summed E-state index contributed by atoms with van der Waals surface area (Å²) in [5.74, 6) is 0. The van der Waals surface area contributed by atoms with E-state index in [1.165, 1.54) is 0 Å². The molecule has 0 saturated carbocycles. The third-order valence-electron chi connectivity index (χ3n) is 1.90. The van der Waals surface area contributed by atoms with Crippen molar-refractivity contribution in [2.75, 3.05) is 0 Å². The van der Waals surface area contributed by atoms with Crippen LogP contribution in [-0.4, -0.2) is 30.3 Å². The van der Waals surface area contributed by atoms with E-state index in [-0.39, 0.29) is 12.1 Å². The van der Waals surface area contributed by atoms with Gasteiger partial charge in [0.15, 0.2) is 0 Å². The van der Waals surface area contributed by atoms with Crippen LogP contribution in [0.2, 0.25) is 0 Å². The highest BCUT2D eigenvalue weighted by Gasteiger charge is 2.26. The molecule has 2 aliphatic heterocycles. The van der Waals surface area contributed by atoms with Crippen LogP contribution >= 0.6 is 0 Å². The first-order chi connectivity index (χ1) is 5.40. The monoisotopic (exact) mass is 148 g/mol. The minimum Gasteiger partial charge on any atom is -0.301 e. The van der Waals surface area contributed by atoms with Crippen LogP contribution in [0.5, 0.6) is 0 Å². The Morgan fingerprint density at radius 1 is 1.64 bits per heavy atom. The van der Waals surface area contributed by atoms with Crippen LogP contribution in [0.15, 0.2) is 22.1 Å². The van der Waals surface area contributed by atoms with Gasteiger partial charge in [-0.25, -0.2) is 0 Å². The van der Waals surface area contributed by atoms with Gasteiger partial charge in [-0.2, -0.15) is 0 Å². The molecule has 2 unspecified atom stereocenters. The second-order valence-electron chi connectivity index (χ2n) is 2.67. The number of rotatable bonds is 1. The van der Waals surface area contributed by atoms with E-state index < -0.39 is 0 Å². The Hall–Kier alpha value is -1.25. The fraction of sp³-hybridized carbons (Fsp3) is 0.375. The molecule has 2 atom stereocenters. The van der Waals surface area contributed by atoms with Gasteiger partial charge in [-0.15, -0.1) is 0 Å². The van der Waals surface area contributed by atoms with Crippen molar-refractivity contribution in [1.29, 1.82) is 0 Å². The molecule has 56 valence electrons. The van der Waals surface area contributed by atoms with Gasteiger partial charge in [-0.1, -0.05) is 0 Å². The van der Waals surface area contributed by atoms with E-state index in [2.05, 4.69) is 9.98 Å². The molecule has 3 nitrogen and oxygen atoms in total. The maximum Gasteiger partial charge on any atom is 0.144 e. The minimum atomic E-state index is -0.157. The van der Waals surface area contributed by atoms with Crippen LogP contribution < -0.4 is 0 Å². The number of fused-ring (bicyclic) bond motifs is 1. The van der Waals surface area contributed by atoms with Gasteiger partial charge in [0.25, 0.3) is 0 Å². The average Bonchev–Trinajstić information content (AvgIpc) is 2.46. The normalized spacial score (nSPS) is 33.3. The van der Waals surface area contributed by atoms with Crippen LogP contribution in [0.25, 0.3) is 0 Å². The highest BCUT2D eigenvalue weighted by atomic mass is 16.1. The summed E-state index contributed by atoms with van der Waals surface area (Å²) in [6.07, 6.45) is 7.16. The van der Waals surface area contributed by atoms with E-state index in [0.717, 1.165) is 18.4 Å². The lowest BCUT2D eigenvalue weighted by molar-refractivity contribution is -0.108. The zero-order valence-electron chi connectivity index (χ0n) is 5.97. The molecule has 11 heavy (non-hydrogen) atoms.